The van der Waals surface area contributed by atoms with Crippen LogP contribution in [0.5, 0.6) is 0 Å². The standard InChI is InChI=1S/C11H22N4O/c1-5-16-7-10(13-12)6-11-8(2)14-15(4)9(11)3/h10,13H,5-7,12H2,1-4H3. The first-order valence-electron chi connectivity index (χ1n) is 5.63. The number of nitrogens with two attached hydrogens (primary N) is 1. The van der Waals surface area contributed by atoms with Crippen molar-refractivity contribution in [3.05, 3.63) is 17.0 Å². The average Bonchev–Trinajstić information content (AvgIpc) is 2.50. The van der Waals surface area contributed by atoms with Crippen LogP contribution >= 0.6 is 0 Å². The number of aromatic nitrogens is 2. The molecule has 0 saturated carbocycles. The molecule has 0 aliphatic carbocycles. The van der Waals surface area contributed by atoms with Gasteiger partial charge in [0.15, 0.2) is 0 Å². The highest BCUT2D eigenvalue weighted by Crippen LogP contribution is 2.14. The van der Waals surface area contributed by atoms with E-state index >= 15 is 0 Å². The summed E-state index contributed by atoms with van der Waals surface area (Å²) in [5.74, 6) is 5.51. The minimum absolute atomic E-state index is 0.140. The molecule has 0 aromatic carbocycles. The fraction of sp³-hybridized carbons (Fsp3) is 0.727. The maximum atomic E-state index is 5.51. The molecule has 0 bridgehead atoms. The molecule has 1 aromatic heterocycles. The van der Waals surface area contributed by atoms with Crippen LogP contribution in [0.3, 0.4) is 0 Å². The Bertz CT molecular complexity index is 335. The molecule has 16 heavy (non-hydrogen) atoms. The first-order valence-corrected chi connectivity index (χ1v) is 5.63. The van der Waals surface area contributed by atoms with Crippen molar-refractivity contribution in [2.24, 2.45) is 12.9 Å². The number of hydrazine groups is 1. The van der Waals surface area contributed by atoms with Crippen LogP contribution in [-0.2, 0) is 18.2 Å². The molecule has 3 N–H and O–H groups in total. The van der Waals surface area contributed by atoms with Crippen LogP contribution in [0, 0.1) is 13.8 Å². The zero-order chi connectivity index (χ0) is 12.1. The van der Waals surface area contributed by atoms with E-state index < -0.39 is 0 Å². The van der Waals surface area contributed by atoms with E-state index in [1.54, 1.807) is 0 Å². The lowest BCUT2D eigenvalue weighted by molar-refractivity contribution is 0.122. The third-order valence-corrected chi connectivity index (χ3v) is 2.87. The van der Waals surface area contributed by atoms with Crippen molar-refractivity contribution in [2.75, 3.05) is 13.2 Å². The van der Waals surface area contributed by atoms with E-state index in [0.717, 1.165) is 12.1 Å². The summed E-state index contributed by atoms with van der Waals surface area (Å²) < 4.78 is 7.28. The summed E-state index contributed by atoms with van der Waals surface area (Å²) in [6.07, 6.45) is 0.849. The van der Waals surface area contributed by atoms with E-state index in [9.17, 15) is 0 Å². The predicted molar refractivity (Wildman–Crippen MR) is 64.0 cm³/mol. The number of ether oxygens (including phenoxy) is 1. The van der Waals surface area contributed by atoms with Crippen molar-refractivity contribution in [2.45, 2.75) is 33.2 Å². The van der Waals surface area contributed by atoms with E-state index in [-0.39, 0.29) is 6.04 Å². The Balaban J connectivity index is 2.69. The fourth-order valence-corrected chi connectivity index (χ4v) is 1.79. The number of aryl methyl sites for hydroxylation is 2. The molecule has 1 aromatic rings. The van der Waals surface area contributed by atoms with E-state index in [1.165, 1.54) is 11.3 Å². The first-order chi connectivity index (χ1) is 7.60. The highest BCUT2D eigenvalue weighted by molar-refractivity contribution is 5.25. The second kappa shape index (κ2) is 5.98. The van der Waals surface area contributed by atoms with Crippen molar-refractivity contribution in [3.63, 3.8) is 0 Å². The zero-order valence-electron chi connectivity index (χ0n) is 10.6. The molecule has 5 heteroatoms. The van der Waals surface area contributed by atoms with Gasteiger partial charge < -0.3 is 4.74 Å². The Kier molecular flexibility index (Phi) is 4.92. The first kappa shape index (κ1) is 13.2. The van der Waals surface area contributed by atoms with Crippen molar-refractivity contribution in [1.29, 1.82) is 0 Å². The number of hydrogen-bond donors (Lipinski definition) is 2. The second-order valence-electron chi connectivity index (χ2n) is 4.00. The third-order valence-electron chi connectivity index (χ3n) is 2.87. The van der Waals surface area contributed by atoms with Crippen molar-refractivity contribution in [1.82, 2.24) is 15.2 Å². The monoisotopic (exact) mass is 226 g/mol. The molecule has 92 valence electrons. The maximum Gasteiger partial charge on any atom is 0.0636 e. The average molecular weight is 226 g/mol. The SMILES string of the molecule is CCOCC(Cc1c(C)nn(C)c1C)NN. The van der Waals surface area contributed by atoms with Gasteiger partial charge in [0, 0.05) is 25.4 Å². The summed E-state index contributed by atoms with van der Waals surface area (Å²) >= 11 is 0. The van der Waals surface area contributed by atoms with Gasteiger partial charge in [-0.2, -0.15) is 5.10 Å². The van der Waals surface area contributed by atoms with Crippen LogP contribution in [0.2, 0.25) is 0 Å². The summed E-state index contributed by atoms with van der Waals surface area (Å²) in [6, 6.07) is 0.140. The van der Waals surface area contributed by atoms with Gasteiger partial charge in [0.25, 0.3) is 0 Å². The minimum Gasteiger partial charge on any atom is -0.380 e. The Morgan fingerprint density at radius 1 is 1.50 bits per heavy atom. The van der Waals surface area contributed by atoms with Crippen LogP contribution in [0.15, 0.2) is 0 Å². The van der Waals surface area contributed by atoms with Crippen molar-refractivity contribution >= 4 is 0 Å². The minimum atomic E-state index is 0.140. The Morgan fingerprint density at radius 2 is 2.19 bits per heavy atom. The summed E-state index contributed by atoms with van der Waals surface area (Å²) in [5.41, 5.74) is 6.30. The molecule has 0 radical (unpaired) electrons. The van der Waals surface area contributed by atoms with Gasteiger partial charge in [0.1, 0.15) is 0 Å². The topological polar surface area (TPSA) is 65.1 Å². The van der Waals surface area contributed by atoms with Gasteiger partial charge in [-0.05, 0) is 32.8 Å². The maximum absolute atomic E-state index is 5.51. The van der Waals surface area contributed by atoms with Gasteiger partial charge in [-0.15, -0.1) is 0 Å². The molecule has 0 saturated heterocycles. The lowest BCUT2D eigenvalue weighted by atomic mass is 10.1. The highest BCUT2D eigenvalue weighted by atomic mass is 16.5. The summed E-state index contributed by atoms with van der Waals surface area (Å²) in [5, 5.41) is 4.39. The van der Waals surface area contributed by atoms with Gasteiger partial charge >= 0.3 is 0 Å². The molecule has 0 aliphatic heterocycles. The van der Waals surface area contributed by atoms with E-state index in [1.807, 2.05) is 25.6 Å². The van der Waals surface area contributed by atoms with Gasteiger partial charge in [-0.1, -0.05) is 0 Å². The molecular formula is C11H22N4O. The van der Waals surface area contributed by atoms with Crippen LogP contribution in [0.1, 0.15) is 23.9 Å². The summed E-state index contributed by atoms with van der Waals surface area (Å²) in [6.45, 7) is 7.41. The van der Waals surface area contributed by atoms with Crippen LogP contribution < -0.4 is 11.3 Å². The normalized spacial score (nSPS) is 13.1. The van der Waals surface area contributed by atoms with Gasteiger partial charge in [0.05, 0.1) is 12.3 Å². The molecule has 1 atom stereocenters. The molecule has 0 amide bonds. The predicted octanol–water partition coefficient (Wildman–Crippen LogP) is 0.448. The third kappa shape index (κ3) is 3.04. The zero-order valence-corrected chi connectivity index (χ0v) is 10.6. The Labute approximate surface area is 96.9 Å². The van der Waals surface area contributed by atoms with E-state index in [2.05, 4.69) is 17.4 Å². The molecule has 0 aliphatic rings. The molecule has 1 heterocycles. The number of hydrogen-bond acceptors (Lipinski definition) is 4. The Hall–Kier alpha value is -0.910. The van der Waals surface area contributed by atoms with E-state index in [0.29, 0.717) is 13.2 Å². The number of rotatable bonds is 6. The fourth-order valence-electron chi connectivity index (χ4n) is 1.79. The van der Waals surface area contributed by atoms with Crippen molar-refractivity contribution in [3.8, 4) is 0 Å². The lowest BCUT2D eigenvalue weighted by Crippen LogP contribution is -2.40. The highest BCUT2D eigenvalue weighted by Gasteiger charge is 2.14. The summed E-state index contributed by atoms with van der Waals surface area (Å²) in [7, 11) is 1.96. The molecule has 1 rings (SSSR count). The molecular weight excluding hydrogens is 204 g/mol. The number of nitrogens with one attached hydrogen (secondary N) is 1. The molecule has 0 spiro atoms. The Morgan fingerprint density at radius 3 is 2.62 bits per heavy atom. The lowest BCUT2D eigenvalue weighted by Gasteiger charge is -2.15. The van der Waals surface area contributed by atoms with Crippen LogP contribution in [-0.4, -0.2) is 29.0 Å². The van der Waals surface area contributed by atoms with Crippen LogP contribution in [0.25, 0.3) is 0 Å². The molecule has 1 unspecified atom stereocenters. The van der Waals surface area contributed by atoms with Crippen LogP contribution in [0.4, 0.5) is 0 Å². The number of nitrogens with zero attached hydrogens (tertiary/aromatic N) is 2. The molecule has 0 fully saturated rings. The second-order valence-corrected chi connectivity index (χ2v) is 4.00. The summed E-state index contributed by atoms with van der Waals surface area (Å²) in [4.78, 5) is 0. The molecule has 5 nitrogen and oxygen atoms in total. The quantitative estimate of drug-likeness (QED) is 0.546. The van der Waals surface area contributed by atoms with E-state index in [4.69, 9.17) is 10.6 Å². The largest absolute Gasteiger partial charge is 0.380 e. The van der Waals surface area contributed by atoms with Gasteiger partial charge in [0.2, 0.25) is 0 Å². The van der Waals surface area contributed by atoms with Gasteiger partial charge in [-0.3, -0.25) is 16.0 Å². The van der Waals surface area contributed by atoms with Crippen molar-refractivity contribution < 1.29 is 4.74 Å². The smallest absolute Gasteiger partial charge is 0.0636 e. The van der Waals surface area contributed by atoms with Gasteiger partial charge in [-0.25, -0.2) is 0 Å².